The lowest BCUT2D eigenvalue weighted by atomic mass is 10.1. The summed E-state index contributed by atoms with van der Waals surface area (Å²) in [4.78, 5) is 0. The Morgan fingerprint density at radius 3 is 2.76 bits per heavy atom. The van der Waals surface area contributed by atoms with Crippen molar-refractivity contribution in [2.45, 2.75) is 26.8 Å². The van der Waals surface area contributed by atoms with Gasteiger partial charge in [0.2, 0.25) is 0 Å². The third kappa shape index (κ3) is 2.84. The average Bonchev–Trinajstić information content (AvgIpc) is 2.68. The van der Waals surface area contributed by atoms with E-state index in [-0.39, 0.29) is 0 Å². The molecule has 0 aliphatic carbocycles. The summed E-state index contributed by atoms with van der Waals surface area (Å²) in [5, 5.41) is 8.14. The monoisotopic (exact) mass is 230 g/mol. The Morgan fingerprint density at radius 2 is 2.06 bits per heavy atom. The number of aromatic nitrogens is 3. The minimum atomic E-state index is 0.581. The van der Waals surface area contributed by atoms with Gasteiger partial charge in [0.25, 0.3) is 0 Å². The second kappa shape index (κ2) is 4.99. The molecule has 1 aromatic heterocycles. The summed E-state index contributed by atoms with van der Waals surface area (Å²) in [5.41, 5.74) is 7.85. The van der Waals surface area contributed by atoms with Gasteiger partial charge in [-0.25, -0.2) is 0 Å². The van der Waals surface area contributed by atoms with Crippen molar-refractivity contribution in [3.63, 3.8) is 0 Å². The molecule has 0 saturated carbocycles. The van der Waals surface area contributed by atoms with Gasteiger partial charge in [-0.3, -0.25) is 0 Å². The maximum absolute atomic E-state index is 5.93. The molecule has 90 valence electrons. The summed E-state index contributed by atoms with van der Waals surface area (Å²) in [6, 6.07) is 7.88. The first kappa shape index (κ1) is 11.6. The van der Waals surface area contributed by atoms with Gasteiger partial charge < -0.3 is 10.3 Å². The minimum Gasteiger partial charge on any atom is -0.398 e. The lowest BCUT2D eigenvalue weighted by Gasteiger charge is -2.10. The smallest absolute Gasteiger partial charge is 0.137 e. The van der Waals surface area contributed by atoms with Gasteiger partial charge >= 0.3 is 0 Å². The summed E-state index contributed by atoms with van der Waals surface area (Å²) in [7, 11) is 0. The maximum Gasteiger partial charge on any atom is 0.137 e. The zero-order valence-electron chi connectivity index (χ0n) is 10.3. The quantitative estimate of drug-likeness (QED) is 0.818. The molecule has 0 spiro atoms. The van der Waals surface area contributed by atoms with Gasteiger partial charge in [-0.05, 0) is 17.5 Å². The summed E-state index contributed by atoms with van der Waals surface area (Å²) >= 11 is 0. The molecule has 4 nitrogen and oxygen atoms in total. The van der Waals surface area contributed by atoms with Crippen LogP contribution in [-0.2, 0) is 13.0 Å². The minimum absolute atomic E-state index is 0.581. The van der Waals surface area contributed by atoms with Gasteiger partial charge in [-0.15, -0.1) is 10.2 Å². The van der Waals surface area contributed by atoms with Crippen molar-refractivity contribution in [1.82, 2.24) is 14.8 Å². The van der Waals surface area contributed by atoms with E-state index >= 15 is 0 Å². The van der Waals surface area contributed by atoms with Crippen molar-refractivity contribution in [1.29, 1.82) is 0 Å². The van der Waals surface area contributed by atoms with Crippen LogP contribution in [0.25, 0.3) is 0 Å². The topological polar surface area (TPSA) is 56.7 Å². The molecule has 1 heterocycles. The van der Waals surface area contributed by atoms with E-state index in [2.05, 4.69) is 28.6 Å². The molecular weight excluding hydrogens is 212 g/mol. The first-order valence-electron chi connectivity index (χ1n) is 5.87. The van der Waals surface area contributed by atoms with Gasteiger partial charge in [0, 0.05) is 18.7 Å². The molecule has 2 rings (SSSR count). The fraction of sp³-hybridized carbons (Fsp3) is 0.385. The van der Waals surface area contributed by atoms with E-state index in [9.17, 15) is 0 Å². The zero-order chi connectivity index (χ0) is 12.3. The molecule has 0 radical (unpaired) electrons. The Hall–Kier alpha value is -1.84. The summed E-state index contributed by atoms with van der Waals surface area (Å²) in [6.07, 6.45) is 2.52. The van der Waals surface area contributed by atoms with Crippen molar-refractivity contribution in [2.75, 3.05) is 5.73 Å². The highest BCUT2D eigenvalue weighted by Crippen LogP contribution is 2.15. The molecule has 0 fully saturated rings. The van der Waals surface area contributed by atoms with Crippen LogP contribution < -0.4 is 5.73 Å². The second-order valence-corrected chi connectivity index (χ2v) is 4.67. The molecule has 4 heteroatoms. The average molecular weight is 230 g/mol. The molecule has 2 aromatic rings. The van der Waals surface area contributed by atoms with Crippen molar-refractivity contribution < 1.29 is 0 Å². The Kier molecular flexibility index (Phi) is 3.42. The molecule has 17 heavy (non-hydrogen) atoms. The maximum atomic E-state index is 5.93. The second-order valence-electron chi connectivity index (χ2n) is 4.67. The standard InChI is InChI=1S/C13H18N4/c1-10(2)8-17-9-15-16-13(17)7-11-5-3-4-6-12(11)14/h3-6,9-10H,7-8,14H2,1-2H3. The van der Waals surface area contributed by atoms with E-state index < -0.39 is 0 Å². The fourth-order valence-corrected chi connectivity index (χ4v) is 1.83. The Balaban J connectivity index is 2.19. The number of benzene rings is 1. The SMILES string of the molecule is CC(C)Cn1cnnc1Cc1ccccc1N. The Morgan fingerprint density at radius 1 is 1.29 bits per heavy atom. The summed E-state index contributed by atoms with van der Waals surface area (Å²) in [5.74, 6) is 1.55. The third-order valence-electron chi connectivity index (χ3n) is 2.66. The van der Waals surface area contributed by atoms with Crippen LogP contribution in [0.5, 0.6) is 0 Å². The third-order valence-corrected chi connectivity index (χ3v) is 2.66. The van der Waals surface area contributed by atoms with Crippen LogP contribution in [0.1, 0.15) is 25.2 Å². The van der Waals surface area contributed by atoms with Crippen molar-refractivity contribution >= 4 is 5.69 Å². The number of para-hydroxylation sites is 1. The van der Waals surface area contributed by atoms with Crippen molar-refractivity contribution in [2.24, 2.45) is 5.92 Å². The van der Waals surface area contributed by atoms with E-state index in [4.69, 9.17) is 5.73 Å². The highest BCUT2D eigenvalue weighted by molar-refractivity contribution is 5.47. The van der Waals surface area contributed by atoms with Gasteiger partial charge in [-0.1, -0.05) is 32.0 Å². The molecule has 2 N–H and O–H groups in total. The highest BCUT2D eigenvalue weighted by Gasteiger charge is 2.08. The van der Waals surface area contributed by atoms with Gasteiger partial charge in [0.1, 0.15) is 12.2 Å². The number of hydrogen-bond acceptors (Lipinski definition) is 3. The molecule has 0 aliphatic rings. The molecule has 0 amide bonds. The molecule has 0 bridgehead atoms. The molecule has 0 atom stereocenters. The van der Waals surface area contributed by atoms with Crippen LogP contribution in [0.15, 0.2) is 30.6 Å². The zero-order valence-corrected chi connectivity index (χ0v) is 10.3. The molecular formula is C13H18N4. The van der Waals surface area contributed by atoms with Crippen LogP contribution >= 0.6 is 0 Å². The van der Waals surface area contributed by atoms with E-state index in [1.54, 1.807) is 6.33 Å². The predicted molar refractivity (Wildman–Crippen MR) is 68.5 cm³/mol. The summed E-state index contributed by atoms with van der Waals surface area (Å²) < 4.78 is 2.09. The number of nitrogens with zero attached hydrogens (tertiary/aromatic N) is 3. The first-order valence-corrected chi connectivity index (χ1v) is 5.87. The Bertz CT molecular complexity index is 488. The van der Waals surface area contributed by atoms with Crippen molar-refractivity contribution in [3.8, 4) is 0 Å². The van der Waals surface area contributed by atoms with E-state index in [1.807, 2.05) is 24.3 Å². The van der Waals surface area contributed by atoms with Gasteiger partial charge in [0.15, 0.2) is 0 Å². The van der Waals surface area contributed by atoms with Gasteiger partial charge in [-0.2, -0.15) is 0 Å². The van der Waals surface area contributed by atoms with E-state index in [0.29, 0.717) is 5.92 Å². The number of rotatable bonds is 4. The van der Waals surface area contributed by atoms with Crippen LogP contribution in [-0.4, -0.2) is 14.8 Å². The van der Waals surface area contributed by atoms with Crippen LogP contribution in [0, 0.1) is 5.92 Å². The lowest BCUT2D eigenvalue weighted by Crippen LogP contribution is -2.09. The molecule has 0 aliphatic heterocycles. The van der Waals surface area contributed by atoms with Gasteiger partial charge in [0.05, 0.1) is 0 Å². The molecule has 0 unspecified atom stereocenters. The van der Waals surface area contributed by atoms with E-state index in [0.717, 1.165) is 30.0 Å². The molecule has 1 aromatic carbocycles. The number of anilines is 1. The predicted octanol–water partition coefficient (Wildman–Crippen LogP) is 2.11. The van der Waals surface area contributed by atoms with Crippen LogP contribution in [0.2, 0.25) is 0 Å². The normalized spacial score (nSPS) is 11.0. The first-order chi connectivity index (χ1) is 8.16. The number of hydrogen-bond donors (Lipinski definition) is 1. The molecule has 0 saturated heterocycles. The largest absolute Gasteiger partial charge is 0.398 e. The highest BCUT2D eigenvalue weighted by atomic mass is 15.3. The van der Waals surface area contributed by atoms with Crippen LogP contribution in [0.4, 0.5) is 5.69 Å². The number of nitrogen functional groups attached to an aromatic ring is 1. The lowest BCUT2D eigenvalue weighted by molar-refractivity contribution is 0.509. The van der Waals surface area contributed by atoms with Crippen molar-refractivity contribution in [3.05, 3.63) is 42.0 Å². The Labute approximate surface area is 101 Å². The number of nitrogens with two attached hydrogens (primary N) is 1. The summed E-state index contributed by atoms with van der Waals surface area (Å²) in [6.45, 7) is 5.30. The van der Waals surface area contributed by atoms with E-state index in [1.165, 1.54) is 0 Å². The van der Waals surface area contributed by atoms with Crippen LogP contribution in [0.3, 0.4) is 0 Å². The fourth-order valence-electron chi connectivity index (χ4n) is 1.83.